The fraction of sp³-hybridized carbons (Fsp3) is 0.488. The molecule has 52 heavy (non-hydrogen) atoms. The van der Waals surface area contributed by atoms with Gasteiger partial charge in [-0.3, -0.25) is 14.4 Å². The molecule has 0 bridgehead atoms. The minimum Gasteiger partial charge on any atom is -0.495 e. The molecule has 1 fully saturated rings. The van der Waals surface area contributed by atoms with Gasteiger partial charge < -0.3 is 40.0 Å². The van der Waals surface area contributed by atoms with Crippen LogP contribution < -0.4 is 30.2 Å². The Hall–Kier alpha value is -4.61. The molecule has 3 amide bonds. The van der Waals surface area contributed by atoms with Crippen molar-refractivity contribution in [1.82, 2.24) is 9.80 Å². The number of hydrogen-bond acceptors (Lipinski definition) is 8. The summed E-state index contributed by atoms with van der Waals surface area (Å²) in [5.74, 6) is 1.05. The second-order valence-electron chi connectivity index (χ2n) is 13.2. The molecule has 11 nitrogen and oxygen atoms in total. The van der Waals surface area contributed by atoms with E-state index >= 15 is 0 Å². The SMILES string of the molecule is CCN(CC)C1CCN(C(=O)CCCCCOc2cc(C)ccc2N(C)C(=O)c2ccc(NC(=O)c3ccccc3OCCCN)c(OC)c2)CC1. The van der Waals surface area contributed by atoms with Gasteiger partial charge in [0.1, 0.15) is 17.2 Å². The standard InChI is InChI=1S/C41H57N5O6/c1-6-45(7-2)32-21-24-46(25-22-32)39(47)16-9-8-12-26-52-38-28-30(3)17-20-35(38)44(4)41(49)31-18-19-34(37(29-31)50-5)43-40(48)33-14-10-11-15-36(33)51-27-13-23-42/h10-11,14-15,17-20,28-29,32H,6-9,12-13,16,21-27,42H2,1-5H3,(H,43,48). The normalized spacial score (nSPS) is 13.2. The molecular formula is C41H57N5O6. The van der Waals surface area contributed by atoms with Gasteiger partial charge in [0, 0.05) is 38.2 Å². The van der Waals surface area contributed by atoms with Gasteiger partial charge in [0.15, 0.2) is 0 Å². The molecule has 0 atom stereocenters. The molecule has 4 rings (SSSR count). The smallest absolute Gasteiger partial charge is 0.259 e. The highest BCUT2D eigenvalue weighted by atomic mass is 16.5. The van der Waals surface area contributed by atoms with Crippen LogP contribution in [0.15, 0.2) is 60.7 Å². The molecule has 0 spiro atoms. The van der Waals surface area contributed by atoms with Gasteiger partial charge in [-0.1, -0.05) is 32.0 Å². The van der Waals surface area contributed by atoms with Crippen LogP contribution in [0, 0.1) is 6.92 Å². The molecule has 0 unspecified atom stereocenters. The molecule has 282 valence electrons. The average Bonchev–Trinajstić information content (AvgIpc) is 3.16. The first-order valence-electron chi connectivity index (χ1n) is 18.6. The first-order valence-corrected chi connectivity index (χ1v) is 18.6. The number of nitrogens with two attached hydrogens (primary N) is 1. The van der Waals surface area contributed by atoms with Crippen molar-refractivity contribution in [1.29, 1.82) is 0 Å². The molecule has 0 aromatic heterocycles. The lowest BCUT2D eigenvalue weighted by Crippen LogP contribution is -2.46. The lowest BCUT2D eigenvalue weighted by atomic mass is 10.0. The highest BCUT2D eigenvalue weighted by Crippen LogP contribution is 2.32. The van der Waals surface area contributed by atoms with Crippen molar-refractivity contribution in [2.45, 2.75) is 71.8 Å². The van der Waals surface area contributed by atoms with E-state index in [9.17, 15) is 14.4 Å². The Morgan fingerprint density at radius 1 is 0.865 bits per heavy atom. The van der Waals surface area contributed by atoms with E-state index < -0.39 is 0 Å². The van der Waals surface area contributed by atoms with Crippen molar-refractivity contribution in [2.24, 2.45) is 5.73 Å². The van der Waals surface area contributed by atoms with Gasteiger partial charge in [0.05, 0.1) is 37.3 Å². The maximum absolute atomic E-state index is 13.7. The Balaban J connectivity index is 1.30. The van der Waals surface area contributed by atoms with E-state index in [1.165, 1.54) is 7.11 Å². The number of ether oxygens (including phenoxy) is 3. The third-order valence-corrected chi connectivity index (χ3v) is 9.65. The van der Waals surface area contributed by atoms with Crippen molar-refractivity contribution >= 4 is 29.1 Å². The molecule has 3 aromatic carbocycles. The van der Waals surface area contributed by atoms with Gasteiger partial charge in [-0.2, -0.15) is 0 Å². The van der Waals surface area contributed by atoms with E-state index in [0.717, 1.165) is 63.8 Å². The zero-order chi connectivity index (χ0) is 37.5. The summed E-state index contributed by atoms with van der Waals surface area (Å²) in [7, 11) is 3.20. The molecule has 0 saturated carbocycles. The number of unbranched alkanes of at least 4 members (excludes halogenated alkanes) is 2. The summed E-state index contributed by atoms with van der Waals surface area (Å²) in [4.78, 5) is 45.9. The number of carbonyl (C=O) groups is 3. The van der Waals surface area contributed by atoms with Crippen LogP contribution in [0.3, 0.4) is 0 Å². The summed E-state index contributed by atoms with van der Waals surface area (Å²) in [6.45, 7) is 11.6. The predicted molar refractivity (Wildman–Crippen MR) is 207 cm³/mol. The fourth-order valence-corrected chi connectivity index (χ4v) is 6.60. The number of methoxy groups -OCH3 is 1. The van der Waals surface area contributed by atoms with Gasteiger partial charge in [0.2, 0.25) is 5.91 Å². The van der Waals surface area contributed by atoms with Crippen LogP contribution in [-0.2, 0) is 4.79 Å². The highest BCUT2D eigenvalue weighted by molar-refractivity contribution is 6.09. The van der Waals surface area contributed by atoms with Crippen LogP contribution in [0.2, 0.25) is 0 Å². The molecular weight excluding hydrogens is 658 g/mol. The average molecular weight is 716 g/mol. The van der Waals surface area contributed by atoms with E-state index in [1.54, 1.807) is 54.4 Å². The molecule has 0 radical (unpaired) electrons. The van der Waals surface area contributed by atoms with Crippen LogP contribution in [0.25, 0.3) is 0 Å². The van der Waals surface area contributed by atoms with E-state index in [4.69, 9.17) is 19.9 Å². The van der Waals surface area contributed by atoms with E-state index in [0.29, 0.717) is 78.4 Å². The van der Waals surface area contributed by atoms with Gasteiger partial charge in [-0.25, -0.2) is 0 Å². The van der Waals surface area contributed by atoms with E-state index in [2.05, 4.69) is 24.1 Å². The van der Waals surface area contributed by atoms with Crippen molar-refractivity contribution in [3.63, 3.8) is 0 Å². The zero-order valence-corrected chi connectivity index (χ0v) is 31.6. The lowest BCUT2D eigenvalue weighted by molar-refractivity contribution is -0.132. The topological polar surface area (TPSA) is 127 Å². The number of benzene rings is 3. The number of amides is 3. The summed E-state index contributed by atoms with van der Waals surface area (Å²) >= 11 is 0. The number of para-hydroxylation sites is 1. The second kappa shape index (κ2) is 20.4. The molecule has 3 N–H and O–H groups in total. The summed E-state index contributed by atoms with van der Waals surface area (Å²) in [5.41, 5.74) is 8.42. The number of hydrogen-bond donors (Lipinski definition) is 2. The number of rotatable bonds is 19. The minimum atomic E-state index is -0.364. The van der Waals surface area contributed by atoms with Gasteiger partial charge in [0.25, 0.3) is 11.8 Å². The van der Waals surface area contributed by atoms with Crippen molar-refractivity contribution in [2.75, 3.05) is 70.3 Å². The third-order valence-electron chi connectivity index (χ3n) is 9.65. The maximum Gasteiger partial charge on any atom is 0.259 e. The Kier molecular flexibility index (Phi) is 15.8. The highest BCUT2D eigenvalue weighted by Gasteiger charge is 2.25. The maximum atomic E-state index is 13.7. The second-order valence-corrected chi connectivity index (χ2v) is 13.2. The van der Waals surface area contributed by atoms with Gasteiger partial charge in [-0.05, 0) is 113 Å². The monoisotopic (exact) mass is 715 g/mol. The number of likely N-dealkylation sites (tertiary alicyclic amines) is 1. The fourth-order valence-electron chi connectivity index (χ4n) is 6.60. The molecule has 1 aliphatic heterocycles. The Morgan fingerprint density at radius 3 is 2.29 bits per heavy atom. The van der Waals surface area contributed by atoms with Crippen molar-refractivity contribution < 1.29 is 28.6 Å². The van der Waals surface area contributed by atoms with E-state index in [-0.39, 0.29) is 17.7 Å². The molecule has 1 aliphatic rings. The number of nitrogens with one attached hydrogen (secondary N) is 1. The lowest BCUT2D eigenvalue weighted by Gasteiger charge is -2.37. The van der Waals surface area contributed by atoms with Crippen molar-refractivity contribution in [3.8, 4) is 17.2 Å². The van der Waals surface area contributed by atoms with Crippen LogP contribution >= 0.6 is 0 Å². The first kappa shape index (κ1) is 40.2. The predicted octanol–water partition coefficient (Wildman–Crippen LogP) is 6.53. The number of piperidine rings is 1. The summed E-state index contributed by atoms with van der Waals surface area (Å²) < 4.78 is 17.6. The van der Waals surface area contributed by atoms with Gasteiger partial charge in [-0.15, -0.1) is 0 Å². The third kappa shape index (κ3) is 10.9. The van der Waals surface area contributed by atoms with Gasteiger partial charge >= 0.3 is 0 Å². The first-order chi connectivity index (χ1) is 25.2. The van der Waals surface area contributed by atoms with Crippen LogP contribution in [0.4, 0.5) is 11.4 Å². The number of nitrogens with zero attached hydrogens (tertiary/aromatic N) is 3. The molecule has 1 heterocycles. The molecule has 3 aromatic rings. The quantitative estimate of drug-likeness (QED) is 0.134. The Bertz CT molecular complexity index is 1620. The number of anilines is 2. The summed E-state index contributed by atoms with van der Waals surface area (Å²) in [6.07, 6.45) is 5.84. The summed E-state index contributed by atoms with van der Waals surface area (Å²) in [6, 6.07) is 18.3. The van der Waals surface area contributed by atoms with Crippen LogP contribution in [0.5, 0.6) is 17.2 Å². The number of carbonyl (C=O) groups excluding carboxylic acids is 3. The minimum absolute atomic E-state index is 0.251. The van der Waals surface area contributed by atoms with E-state index in [1.807, 2.05) is 30.0 Å². The number of aryl methyl sites for hydroxylation is 1. The van der Waals surface area contributed by atoms with Crippen molar-refractivity contribution in [3.05, 3.63) is 77.4 Å². The summed E-state index contributed by atoms with van der Waals surface area (Å²) in [5, 5.41) is 2.88. The zero-order valence-electron chi connectivity index (χ0n) is 31.6. The largest absolute Gasteiger partial charge is 0.495 e. The molecule has 0 aliphatic carbocycles. The Labute approximate surface area is 309 Å². The molecule has 1 saturated heterocycles. The molecule has 11 heteroatoms. The van der Waals surface area contributed by atoms with Crippen LogP contribution in [0.1, 0.15) is 85.1 Å². The Morgan fingerprint density at radius 2 is 1.58 bits per heavy atom. The van der Waals surface area contributed by atoms with Crippen LogP contribution in [-0.4, -0.2) is 93.7 Å².